The van der Waals surface area contributed by atoms with Crippen molar-refractivity contribution in [2.75, 3.05) is 12.0 Å². The summed E-state index contributed by atoms with van der Waals surface area (Å²) >= 11 is 20.6. The Hall–Kier alpha value is -0.340. The largest absolute Gasteiger partial charge is 0.164 e. The molecular formula is C16H15Cl3S. The minimum Gasteiger partial charge on any atom is -0.164 e. The summed E-state index contributed by atoms with van der Waals surface area (Å²) in [6, 6.07) is 11.8. The molecule has 0 radical (unpaired) electrons. The lowest BCUT2D eigenvalue weighted by molar-refractivity contribution is 0.937. The van der Waals surface area contributed by atoms with Gasteiger partial charge in [0.25, 0.3) is 0 Å². The predicted octanol–water partition coefficient (Wildman–Crippen LogP) is 6.45. The highest BCUT2D eigenvalue weighted by atomic mass is 35.5. The van der Waals surface area contributed by atoms with Crippen LogP contribution < -0.4 is 0 Å². The quantitative estimate of drug-likeness (QED) is 0.613. The third kappa shape index (κ3) is 3.65. The van der Waals surface area contributed by atoms with Crippen molar-refractivity contribution in [1.29, 1.82) is 0 Å². The number of benzene rings is 2. The number of rotatable bonds is 4. The van der Waals surface area contributed by atoms with Crippen LogP contribution in [0.25, 0.3) is 0 Å². The van der Waals surface area contributed by atoms with Crippen LogP contribution >= 0.6 is 46.6 Å². The first-order valence-corrected chi connectivity index (χ1v) is 8.75. The Kier molecular flexibility index (Phi) is 5.68. The van der Waals surface area contributed by atoms with E-state index in [0.717, 1.165) is 31.9 Å². The van der Waals surface area contributed by atoms with Crippen LogP contribution in [0.2, 0.25) is 15.1 Å². The van der Waals surface area contributed by atoms with Gasteiger partial charge in [-0.15, -0.1) is 0 Å². The van der Waals surface area contributed by atoms with Crippen molar-refractivity contribution >= 4 is 46.6 Å². The SMILES string of the molecule is CSCC(c1ccc(Cl)cc1)c1c(Cl)cc(C)cc1Cl. The van der Waals surface area contributed by atoms with E-state index in [2.05, 4.69) is 6.26 Å². The maximum absolute atomic E-state index is 6.43. The maximum atomic E-state index is 6.43. The molecule has 0 bridgehead atoms. The fourth-order valence-electron chi connectivity index (χ4n) is 2.25. The number of aryl methyl sites for hydroxylation is 1. The number of hydrogen-bond acceptors (Lipinski definition) is 1. The Balaban J connectivity index is 2.51. The summed E-state index contributed by atoms with van der Waals surface area (Å²) in [7, 11) is 0. The van der Waals surface area contributed by atoms with Crippen molar-refractivity contribution in [2.24, 2.45) is 0 Å². The summed E-state index contributed by atoms with van der Waals surface area (Å²) in [4.78, 5) is 0. The Bertz CT molecular complexity index is 570. The summed E-state index contributed by atoms with van der Waals surface area (Å²) in [5.41, 5.74) is 3.25. The summed E-state index contributed by atoms with van der Waals surface area (Å²) in [5, 5.41) is 2.19. The minimum atomic E-state index is 0.169. The van der Waals surface area contributed by atoms with Crippen LogP contribution in [0.1, 0.15) is 22.6 Å². The van der Waals surface area contributed by atoms with Crippen molar-refractivity contribution in [1.82, 2.24) is 0 Å². The highest BCUT2D eigenvalue weighted by molar-refractivity contribution is 7.98. The van der Waals surface area contributed by atoms with Crippen LogP contribution in [-0.2, 0) is 0 Å². The van der Waals surface area contributed by atoms with Gasteiger partial charge in [0.1, 0.15) is 0 Å². The fourth-order valence-corrected chi connectivity index (χ4v) is 3.93. The van der Waals surface area contributed by atoms with Gasteiger partial charge in [0.15, 0.2) is 0 Å². The summed E-state index contributed by atoms with van der Waals surface area (Å²) in [6.07, 6.45) is 2.08. The van der Waals surface area contributed by atoms with E-state index < -0.39 is 0 Å². The molecule has 2 aromatic carbocycles. The molecule has 4 heteroatoms. The van der Waals surface area contributed by atoms with Crippen molar-refractivity contribution in [2.45, 2.75) is 12.8 Å². The van der Waals surface area contributed by atoms with Crippen LogP contribution in [0.5, 0.6) is 0 Å². The van der Waals surface area contributed by atoms with Gasteiger partial charge in [-0.25, -0.2) is 0 Å². The molecule has 0 saturated heterocycles. The fraction of sp³-hybridized carbons (Fsp3) is 0.250. The average Bonchev–Trinajstić information content (AvgIpc) is 2.37. The molecule has 0 fully saturated rings. The molecule has 106 valence electrons. The van der Waals surface area contributed by atoms with Gasteiger partial charge < -0.3 is 0 Å². The number of hydrogen-bond donors (Lipinski definition) is 0. The van der Waals surface area contributed by atoms with E-state index in [1.54, 1.807) is 11.8 Å². The minimum absolute atomic E-state index is 0.169. The smallest absolute Gasteiger partial charge is 0.0462 e. The Labute approximate surface area is 139 Å². The molecule has 0 aromatic heterocycles. The lowest BCUT2D eigenvalue weighted by Gasteiger charge is -2.20. The number of halogens is 3. The lowest BCUT2D eigenvalue weighted by Crippen LogP contribution is -2.06. The van der Waals surface area contributed by atoms with E-state index >= 15 is 0 Å². The lowest BCUT2D eigenvalue weighted by atomic mass is 9.92. The first-order chi connectivity index (χ1) is 9.52. The van der Waals surface area contributed by atoms with Crippen molar-refractivity contribution in [3.05, 3.63) is 68.2 Å². The topological polar surface area (TPSA) is 0 Å². The first kappa shape index (κ1) is 16.0. The first-order valence-electron chi connectivity index (χ1n) is 6.23. The normalized spacial score (nSPS) is 12.4. The van der Waals surface area contributed by atoms with E-state index in [9.17, 15) is 0 Å². The van der Waals surface area contributed by atoms with Crippen LogP contribution in [0.15, 0.2) is 36.4 Å². The standard InChI is InChI=1S/C16H15Cl3S/c1-10-7-14(18)16(15(19)8-10)13(9-20-2)11-3-5-12(17)6-4-11/h3-8,13H,9H2,1-2H3. The molecule has 1 unspecified atom stereocenters. The average molecular weight is 346 g/mol. The summed E-state index contributed by atoms with van der Waals surface area (Å²) in [5.74, 6) is 1.09. The molecule has 0 N–H and O–H groups in total. The third-order valence-electron chi connectivity index (χ3n) is 3.18. The van der Waals surface area contributed by atoms with Crippen LogP contribution in [-0.4, -0.2) is 12.0 Å². The second-order valence-corrected chi connectivity index (χ2v) is 6.86. The van der Waals surface area contributed by atoms with Crippen molar-refractivity contribution < 1.29 is 0 Å². The number of thioether (sulfide) groups is 1. The van der Waals surface area contributed by atoms with Gasteiger partial charge in [0.05, 0.1) is 0 Å². The molecule has 0 nitrogen and oxygen atoms in total. The van der Waals surface area contributed by atoms with E-state index in [1.165, 1.54) is 5.56 Å². The molecule has 20 heavy (non-hydrogen) atoms. The van der Waals surface area contributed by atoms with Gasteiger partial charge in [0, 0.05) is 26.7 Å². The third-order valence-corrected chi connectivity index (χ3v) is 4.72. The molecule has 0 aliphatic heterocycles. The second kappa shape index (κ2) is 7.09. The molecule has 0 heterocycles. The van der Waals surface area contributed by atoms with Gasteiger partial charge in [0.2, 0.25) is 0 Å². The van der Waals surface area contributed by atoms with Gasteiger partial charge in [-0.1, -0.05) is 46.9 Å². The van der Waals surface area contributed by atoms with Gasteiger partial charge in [-0.2, -0.15) is 11.8 Å². The van der Waals surface area contributed by atoms with Crippen molar-refractivity contribution in [3.63, 3.8) is 0 Å². The molecule has 0 aliphatic carbocycles. The molecule has 0 saturated carbocycles. The predicted molar refractivity (Wildman–Crippen MR) is 92.9 cm³/mol. The van der Waals surface area contributed by atoms with Crippen molar-refractivity contribution in [3.8, 4) is 0 Å². The molecule has 0 aliphatic rings. The van der Waals surface area contributed by atoms with E-state index in [-0.39, 0.29) is 5.92 Å². The molecule has 0 spiro atoms. The molecule has 0 amide bonds. The van der Waals surface area contributed by atoms with E-state index in [4.69, 9.17) is 34.8 Å². The molecule has 2 rings (SSSR count). The van der Waals surface area contributed by atoms with Crippen LogP contribution in [0.4, 0.5) is 0 Å². The Morgan fingerprint density at radius 1 is 1.00 bits per heavy atom. The van der Waals surface area contributed by atoms with Gasteiger partial charge in [-0.3, -0.25) is 0 Å². The second-order valence-electron chi connectivity index (χ2n) is 4.70. The van der Waals surface area contributed by atoms with Crippen LogP contribution in [0.3, 0.4) is 0 Å². The molecule has 1 atom stereocenters. The zero-order valence-electron chi connectivity index (χ0n) is 11.3. The van der Waals surface area contributed by atoms with E-state index in [0.29, 0.717) is 0 Å². The zero-order chi connectivity index (χ0) is 14.7. The van der Waals surface area contributed by atoms with Gasteiger partial charge >= 0.3 is 0 Å². The monoisotopic (exact) mass is 344 g/mol. The van der Waals surface area contributed by atoms with Crippen LogP contribution in [0, 0.1) is 6.92 Å². The molecular weight excluding hydrogens is 331 g/mol. The summed E-state index contributed by atoms with van der Waals surface area (Å²) in [6.45, 7) is 1.99. The van der Waals surface area contributed by atoms with E-state index in [1.807, 2.05) is 43.3 Å². The highest BCUT2D eigenvalue weighted by Gasteiger charge is 2.20. The molecule has 2 aromatic rings. The summed E-state index contributed by atoms with van der Waals surface area (Å²) < 4.78 is 0. The Morgan fingerprint density at radius 2 is 1.55 bits per heavy atom. The highest BCUT2D eigenvalue weighted by Crippen LogP contribution is 2.38. The maximum Gasteiger partial charge on any atom is 0.0462 e. The zero-order valence-corrected chi connectivity index (χ0v) is 14.4. The Morgan fingerprint density at radius 3 is 2.05 bits per heavy atom. The van der Waals surface area contributed by atoms with Gasteiger partial charge in [-0.05, 0) is 54.1 Å².